The largest absolute Gasteiger partial charge is 0.486 e. The van der Waals surface area contributed by atoms with Gasteiger partial charge < -0.3 is 14.0 Å². The molecule has 5 nitrogen and oxygen atoms in total. The Morgan fingerprint density at radius 1 is 1.21 bits per heavy atom. The van der Waals surface area contributed by atoms with Crippen molar-refractivity contribution in [3.05, 3.63) is 41.5 Å². The molecule has 1 atom stereocenters. The molecule has 5 heteroatoms. The van der Waals surface area contributed by atoms with Gasteiger partial charge in [-0.15, -0.1) is 0 Å². The van der Waals surface area contributed by atoms with Crippen molar-refractivity contribution in [3.8, 4) is 11.5 Å². The molecule has 4 rings (SSSR count). The Hall–Kier alpha value is -2.01. The van der Waals surface area contributed by atoms with Crippen molar-refractivity contribution in [1.82, 2.24) is 14.5 Å². The molecule has 24 heavy (non-hydrogen) atoms. The molecule has 0 spiro atoms. The molecule has 0 radical (unpaired) electrons. The summed E-state index contributed by atoms with van der Waals surface area (Å²) in [5, 5.41) is 0. The minimum Gasteiger partial charge on any atom is -0.486 e. The Morgan fingerprint density at radius 3 is 2.83 bits per heavy atom. The molecule has 0 saturated carbocycles. The Morgan fingerprint density at radius 2 is 2.04 bits per heavy atom. The Balaban J connectivity index is 1.46. The average molecular weight is 327 g/mol. The lowest BCUT2D eigenvalue weighted by atomic mass is 9.96. The van der Waals surface area contributed by atoms with Gasteiger partial charge in [0.1, 0.15) is 19.0 Å². The first-order chi connectivity index (χ1) is 11.7. The fraction of sp³-hybridized carbons (Fsp3) is 0.526. The van der Waals surface area contributed by atoms with Gasteiger partial charge in [0.15, 0.2) is 11.5 Å². The number of ether oxygens (including phenoxy) is 2. The summed E-state index contributed by atoms with van der Waals surface area (Å²) in [7, 11) is 2.11. The third-order valence-electron chi connectivity index (χ3n) is 4.92. The van der Waals surface area contributed by atoms with Crippen LogP contribution in [-0.2, 0) is 13.6 Å². The van der Waals surface area contributed by atoms with Crippen LogP contribution in [0.5, 0.6) is 11.5 Å². The molecule has 0 aliphatic carbocycles. The van der Waals surface area contributed by atoms with E-state index in [0.29, 0.717) is 19.1 Å². The highest BCUT2D eigenvalue weighted by molar-refractivity contribution is 5.43. The average Bonchev–Trinajstić information content (AvgIpc) is 2.93. The number of benzene rings is 1. The summed E-state index contributed by atoms with van der Waals surface area (Å²) in [6.45, 7) is 6.52. The molecule has 3 heterocycles. The molecule has 0 N–H and O–H groups in total. The lowest BCUT2D eigenvalue weighted by Crippen LogP contribution is -2.34. The lowest BCUT2D eigenvalue weighted by Gasteiger charge is -2.32. The maximum absolute atomic E-state index is 5.71. The molecule has 128 valence electrons. The highest BCUT2D eigenvalue weighted by Gasteiger charge is 2.25. The molecule has 2 aromatic rings. The number of aryl methyl sites for hydroxylation is 2. The van der Waals surface area contributed by atoms with Crippen LogP contribution in [0.1, 0.15) is 35.8 Å². The van der Waals surface area contributed by atoms with Crippen LogP contribution in [-0.4, -0.2) is 40.8 Å². The first-order valence-electron chi connectivity index (χ1n) is 8.80. The van der Waals surface area contributed by atoms with E-state index in [9.17, 15) is 0 Å². The topological polar surface area (TPSA) is 39.5 Å². The fourth-order valence-corrected chi connectivity index (χ4v) is 3.87. The number of nitrogens with zero attached hydrogens (tertiary/aromatic N) is 3. The second-order valence-electron chi connectivity index (χ2n) is 6.90. The highest BCUT2D eigenvalue weighted by atomic mass is 16.6. The van der Waals surface area contributed by atoms with Gasteiger partial charge in [0.25, 0.3) is 0 Å². The molecule has 1 saturated heterocycles. The summed E-state index contributed by atoms with van der Waals surface area (Å²) in [6, 6.07) is 6.32. The third kappa shape index (κ3) is 3.13. The minimum absolute atomic E-state index is 0.523. The number of hydrogen-bond acceptors (Lipinski definition) is 4. The Bertz CT molecular complexity index is 725. The van der Waals surface area contributed by atoms with Gasteiger partial charge in [-0.1, -0.05) is 6.07 Å². The van der Waals surface area contributed by atoms with Crippen LogP contribution in [0.15, 0.2) is 24.4 Å². The lowest BCUT2D eigenvalue weighted by molar-refractivity contribution is 0.170. The fourth-order valence-electron chi connectivity index (χ4n) is 3.87. The molecular formula is C19H25N3O2. The van der Waals surface area contributed by atoms with Gasteiger partial charge in [0, 0.05) is 32.3 Å². The second-order valence-corrected chi connectivity index (χ2v) is 6.90. The van der Waals surface area contributed by atoms with Crippen molar-refractivity contribution in [2.24, 2.45) is 7.05 Å². The number of piperidine rings is 1. The zero-order valence-electron chi connectivity index (χ0n) is 14.5. The summed E-state index contributed by atoms with van der Waals surface area (Å²) in [4.78, 5) is 7.26. The minimum atomic E-state index is 0.523. The van der Waals surface area contributed by atoms with E-state index in [-0.39, 0.29) is 0 Å². The maximum atomic E-state index is 5.71. The van der Waals surface area contributed by atoms with Crippen molar-refractivity contribution < 1.29 is 9.47 Å². The molecular weight excluding hydrogens is 302 g/mol. The number of imidazole rings is 1. The van der Waals surface area contributed by atoms with Crippen LogP contribution >= 0.6 is 0 Å². The van der Waals surface area contributed by atoms with E-state index in [1.54, 1.807) is 0 Å². The van der Waals surface area contributed by atoms with Gasteiger partial charge in [0.2, 0.25) is 0 Å². The van der Waals surface area contributed by atoms with Crippen LogP contribution in [0.25, 0.3) is 0 Å². The van der Waals surface area contributed by atoms with E-state index < -0.39 is 0 Å². The van der Waals surface area contributed by atoms with Crippen LogP contribution in [0.3, 0.4) is 0 Å². The number of likely N-dealkylation sites (tertiary alicyclic amines) is 1. The number of fused-ring (bicyclic) bond motifs is 1. The maximum Gasteiger partial charge on any atom is 0.161 e. The van der Waals surface area contributed by atoms with E-state index in [2.05, 4.69) is 41.8 Å². The van der Waals surface area contributed by atoms with Crippen molar-refractivity contribution in [1.29, 1.82) is 0 Å². The highest BCUT2D eigenvalue weighted by Crippen LogP contribution is 2.32. The van der Waals surface area contributed by atoms with Crippen LogP contribution < -0.4 is 9.47 Å². The summed E-state index contributed by atoms with van der Waals surface area (Å²) >= 11 is 0. The van der Waals surface area contributed by atoms with Crippen molar-refractivity contribution in [3.63, 3.8) is 0 Å². The summed E-state index contributed by atoms with van der Waals surface area (Å²) in [5.41, 5.74) is 2.40. The molecule has 2 aliphatic heterocycles. The van der Waals surface area contributed by atoms with Crippen LogP contribution in [0.4, 0.5) is 0 Å². The summed E-state index contributed by atoms with van der Waals surface area (Å²) < 4.78 is 13.5. The molecule has 2 aliphatic rings. The Labute approximate surface area is 143 Å². The predicted octanol–water partition coefficient (Wildman–Crippen LogP) is 2.88. The van der Waals surface area contributed by atoms with E-state index >= 15 is 0 Å². The van der Waals surface area contributed by atoms with E-state index in [4.69, 9.17) is 14.5 Å². The van der Waals surface area contributed by atoms with Crippen molar-refractivity contribution >= 4 is 0 Å². The number of aromatic nitrogens is 2. The first kappa shape index (κ1) is 15.5. The zero-order valence-corrected chi connectivity index (χ0v) is 14.5. The normalized spacial score (nSPS) is 21.0. The van der Waals surface area contributed by atoms with E-state index in [0.717, 1.165) is 36.8 Å². The first-order valence-corrected chi connectivity index (χ1v) is 8.80. The number of rotatable bonds is 3. The second kappa shape index (κ2) is 6.48. The molecule has 1 fully saturated rings. The molecule has 0 bridgehead atoms. The van der Waals surface area contributed by atoms with Gasteiger partial charge in [-0.3, -0.25) is 4.90 Å². The molecule has 1 aromatic heterocycles. The molecule has 1 aromatic carbocycles. The standard InChI is InChI=1S/C19H25N3O2/c1-14-11-21(2)19(20-14)16-4-3-7-22(13-16)12-15-5-6-17-18(10-15)24-9-8-23-17/h5-6,10-11,16H,3-4,7-9,12-13H2,1-2H3/t16-/m0/s1. The number of hydrogen-bond donors (Lipinski definition) is 0. The zero-order chi connectivity index (χ0) is 16.5. The Kier molecular flexibility index (Phi) is 4.19. The van der Waals surface area contributed by atoms with E-state index in [1.165, 1.54) is 24.2 Å². The van der Waals surface area contributed by atoms with Crippen LogP contribution in [0, 0.1) is 6.92 Å². The SMILES string of the molecule is Cc1cn(C)c([C@H]2CCCN(Cc3ccc4c(c3)OCCO4)C2)n1. The summed E-state index contributed by atoms with van der Waals surface area (Å²) in [5.74, 6) is 3.49. The van der Waals surface area contributed by atoms with Crippen molar-refractivity contribution in [2.75, 3.05) is 26.3 Å². The predicted molar refractivity (Wildman–Crippen MR) is 92.6 cm³/mol. The third-order valence-corrected chi connectivity index (χ3v) is 4.92. The monoisotopic (exact) mass is 327 g/mol. The van der Waals surface area contributed by atoms with Gasteiger partial charge >= 0.3 is 0 Å². The quantitative estimate of drug-likeness (QED) is 0.869. The van der Waals surface area contributed by atoms with E-state index in [1.807, 2.05) is 6.07 Å². The smallest absolute Gasteiger partial charge is 0.161 e. The van der Waals surface area contributed by atoms with Gasteiger partial charge in [-0.25, -0.2) is 4.98 Å². The summed E-state index contributed by atoms with van der Waals surface area (Å²) in [6.07, 6.45) is 4.57. The van der Waals surface area contributed by atoms with Crippen molar-refractivity contribution in [2.45, 2.75) is 32.2 Å². The molecule has 0 amide bonds. The molecule has 0 unspecified atom stereocenters. The van der Waals surface area contributed by atoms with Crippen LogP contribution in [0.2, 0.25) is 0 Å². The van der Waals surface area contributed by atoms with Gasteiger partial charge in [-0.05, 0) is 44.0 Å². The van der Waals surface area contributed by atoms with Gasteiger partial charge in [-0.2, -0.15) is 0 Å². The van der Waals surface area contributed by atoms with Gasteiger partial charge in [0.05, 0.1) is 5.69 Å².